The van der Waals surface area contributed by atoms with Crippen molar-refractivity contribution in [2.24, 2.45) is 11.5 Å². The molecule has 4 N–H and O–H groups in total. The number of hydrogen-bond donors (Lipinski definition) is 2. The van der Waals surface area contributed by atoms with Crippen LogP contribution in [0.5, 0.6) is 0 Å². The van der Waals surface area contributed by atoms with Crippen molar-refractivity contribution in [3.05, 3.63) is 0 Å². The zero-order valence-electron chi connectivity index (χ0n) is 11.7. The van der Waals surface area contributed by atoms with Gasteiger partial charge in [0.1, 0.15) is 17.3 Å². The molecule has 0 spiro atoms. The van der Waals surface area contributed by atoms with E-state index in [2.05, 4.69) is 0 Å². The van der Waals surface area contributed by atoms with E-state index in [0.717, 1.165) is 12.8 Å². The topological polar surface area (TPSA) is 103 Å². The summed E-state index contributed by atoms with van der Waals surface area (Å²) in [7, 11) is 0. The number of rotatable bonds is 13. The lowest BCUT2D eigenvalue weighted by molar-refractivity contribution is -0.126. The molecule has 110 valence electrons. The van der Waals surface area contributed by atoms with Crippen molar-refractivity contribution < 1.29 is 14.4 Å². The van der Waals surface area contributed by atoms with Gasteiger partial charge in [0.2, 0.25) is 0 Å². The smallest absolute Gasteiger partial charge is 0.133 e. The molecule has 0 aromatic rings. The van der Waals surface area contributed by atoms with Crippen molar-refractivity contribution in [1.82, 2.24) is 0 Å². The third-order valence-corrected chi connectivity index (χ3v) is 2.93. The molecule has 0 aromatic heterocycles. The zero-order valence-corrected chi connectivity index (χ0v) is 11.7. The predicted octanol–water partition coefficient (Wildman–Crippen LogP) is 1.12. The van der Waals surface area contributed by atoms with Gasteiger partial charge in [-0.05, 0) is 32.4 Å². The van der Waals surface area contributed by atoms with Crippen molar-refractivity contribution in [3.63, 3.8) is 0 Å². The number of hydrogen-bond acceptors (Lipinski definition) is 5. The van der Waals surface area contributed by atoms with Crippen LogP contribution >= 0.6 is 0 Å². The minimum Gasteiger partial charge on any atom is -0.330 e. The Bertz CT molecular complexity index is 290. The Labute approximate surface area is 115 Å². The molecular weight excluding hydrogens is 244 g/mol. The Morgan fingerprint density at radius 1 is 0.526 bits per heavy atom. The molecule has 0 saturated carbocycles. The fourth-order valence-corrected chi connectivity index (χ4v) is 1.70. The van der Waals surface area contributed by atoms with Crippen LogP contribution in [-0.4, -0.2) is 30.4 Å². The van der Waals surface area contributed by atoms with E-state index in [4.69, 9.17) is 11.5 Å². The van der Waals surface area contributed by atoms with Crippen LogP contribution < -0.4 is 11.5 Å². The fourth-order valence-electron chi connectivity index (χ4n) is 1.70. The first-order valence-corrected chi connectivity index (χ1v) is 7.05. The lowest BCUT2D eigenvalue weighted by Gasteiger charge is -2.01. The quantitative estimate of drug-likeness (QED) is 0.488. The van der Waals surface area contributed by atoms with E-state index in [0.29, 0.717) is 38.8 Å². The highest BCUT2D eigenvalue weighted by atomic mass is 16.1. The largest absolute Gasteiger partial charge is 0.330 e. The molecule has 0 bridgehead atoms. The minimum atomic E-state index is -0.00623. The molecule has 0 saturated heterocycles. The van der Waals surface area contributed by atoms with Crippen LogP contribution in [0.4, 0.5) is 0 Å². The second kappa shape index (κ2) is 12.0. The van der Waals surface area contributed by atoms with E-state index in [-0.39, 0.29) is 36.6 Å². The number of nitrogens with two attached hydrogens (primary N) is 2. The summed E-state index contributed by atoms with van der Waals surface area (Å²) in [5.74, 6) is 0.178. The van der Waals surface area contributed by atoms with E-state index in [1.54, 1.807) is 0 Å². The highest BCUT2D eigenvalue weighted by molar-refractivity contribution is 5.89. The molecule has 0 heterocycles. The van der Waals surface area contributed by atoms with Gasteiger partial charge in [0.25, 0.3) is 0 Å². The maximum atomic E-state index is 11.5. The number of carbonyl (C=O) groups excluding carboxylic acids is 3. The molecule has 19 heavy (non-hydrogen) atoms. The van der Waals surface area contributed by atoms with Gasteiger partial charge in [-0.2, -0.15) is 0 Å². The van der Waals surface area contributed by atoms with Crippen LogP contribution in [0.3, 0.4) is 0 Å². The van der Waals surface area contributed by atoms with Crippen molar-refractivity contribution >= 4 is 17.3 Å². The zero-order chi connectivity index (χ0) is 14.5. The second-order valence-electron chi connectivity index (χ2n) is 4.75. The summed E-state index contributed by atoms with van der Waals surface area (Å²) >= 11 is 0. The molecule has 0 atom stereocenters. The molecule has 0 rings (SSSR count). The van der Waals surface area contributed by atoms with Crippen molar-refractivity contribution in [3.8, 4) is 0 Å². The predicted molar refractivity (Wildman–Crippen MR) is 74.7 cm³/mol. The Hall–Kier alpha value is -1.07. The summed E-state index contributed by atoms with van der Waals surface area (Å²) in [6, 6.07) is 0. The Kier molecular flexibility index (Phi) is 11.3. The fraction of sp³-hybridized carbons (Fsp3) is 0.786. The summed E-state index contributed by atoms with van der Waals surface area (Å²) < 4.78 is 0. The minimum absolute atomic E-state index is 0.00623. The lowest BCUT2D eigenvalue weighted by Crippen LogP contribution is -2.09. The van der Waals surface area contributed by atoms with E-state index in [1.807, 2.05) is 0 Å². The lowest BCUT2D eigenvalue weighted by atomic mass is 10.0. The van der Waals surface area contributed by atoms with Crippen LogP contribution in [0, 0.1) is 0 Å². The standard InChI is InChI=1S/C14H26N2O3/c15-10-2-1-4-12(17)6-8-14(19)9-7-13(18)5-3-11-16/h1-11,15-16H2. The molecule has 5 heteroatoms. The van der Waals surface area contributed by atoms with Crippen molar-refractivity contribution in [2.45, 2.75) is 57.8 Å². The monoisotopic (exact) mass is 270 g/mol. The van der Waals surface area contributed by atoms with Gasteiger partial charge in [0.05, 0.1) is 0 Å². The molecule has 0 unspecified atom stereocenters. The number of unbranched alkanes of at least 4 members (excludes halogenated alkanes) is 1. The van der Waals surface area contributed by atoms with E-state index in [9.17, 15) is 14.4 Å². The van der Waals surface area contributed by atoms with Gasteiger partial charge in [-0.1, -0.05) is 0 Å². The van der Waals surface area contributed by atoms with Gasteiger partial charge >= 0.3 is 0 Å². The van der Waals surface area contributed by atoms with Gasteiger partial charge in [-0.15, -0.1) is 0 Å². The molecule has 0 amide bonds. The van der Waals surface area contributed by atoms with E-state index >= 15 is 0 Å². The molecular formula is C14H26N2O3. The van der Waals surface area contributed by atoms with Crippen molar-refractivity contribution in [2.75, 3.05) is 13.1 Å². The van der Waals surface area contributed by atoms with Gasteiger partial charge in [0.15, 0.2) is 0 Å². The highest BCUT2D eigenvalue weighted by Gasteiger charge is 2.09. The molecule has 0 aromatic carbocycles. The first kappa shape index (κ1) is 17.9. The van der Waals surface area contributed by atoms with Crippen LogP contribution in [0.15, 0.2) is 0 Å². The maximum Gasteiger partial charge on any atom is 0.133 e. The average Bonchev–Trinajstić information content (AvgIpc) is 2.40. The summed E-state index contributed by atoms with van der Waals surface area (Å²) in [5.41, 5.74) is 10.6. The SMILES string of the molecule is NCCCCC(=O)CCC(=O)CCC(=O)CCCN. The third kappa shape index (κ3) is 11.7. The Morgan fingerprint density at radius 3 is 1.32 bits per heavy atom. The molecule has 5 nitrogen and oxygen atoms in total. The molecule has 0 fully saturated rings. The van der Waals surface area contributed by atoms with Crippen LogP contribution in [0.1, 0.15) is 57.8 Å². The first-order chi connectivity index (χ1) is 9.10. The maximum absolute atomic E-state index is 11.5. The average molecular weight is 270 g/mol. The Morgan fingerprint density at radius 2 is 0.895 bits per heavy atom. The summed E-state index contributed by atoms with van der Waals surface area (Å²) in [6.07, 6.45) is 4.33. The Balaban J connectivity index is 3.58. The van der Waals surface area contributed by atoms with Crippen LogP contribution in [0.25, 0.3) is 0 Å². The van der Waals surface area contributed by atoms with Gasteiger partial charge < -0.3 is 11.5 Å². The van der Waals surface area contributed by atoms with Crippen LogP contribution in [0.2, 0.25) is 0 Å². The summed E-state index contributed by atoms with van der Waals surface area (Å²) in [6.45, 7) is 1.09. The van der Waals surface area contributed by atoms with Gasteiger partial charge in [0, 0.05) is 38.5 Å². The van der Waals surface area contributed by atoms with Gasteiger partial charge in [-0.25, -0.2) is 0 Å². The second-order valence-corrected chi connectivity index (χ2v) is 4.75. The highest BCUT2D eigenvalue weighted by Crippen LogP contribution is 2.06. The third-order valence-electron chi connectivity index (χ3n) is 2.93. The van der Waals surface area contributed by atoms with Gasteiger partial charge in [-0.3, -0.25) is 14.4 Å². The van der Waals surface area contributed by atoms with E-state index in [1.165, 1.54) is 0 Å². The molecule has 0 radical (unpaired) electrons. The summed E-state index contributed by atoms with van der Waals surface area (Å²) in [5, 5.41) is 0. The molecule has 0 aliphatic rings. The number of ketones is 3. The van der Waals surface area contributed by atoms with E-state index < -0.39 is 0 Å². The number of Topliss-reactive ketones (excluding diaryl/α,β-unsaturated/α-hetero) is 3. The first-order valence-electron chi connectivity index (χ1n) is 7.05. The normalized spacial score (nSPS) is 10.4. The van der Waals surface area contributed by atoms with Crippen LogP contribution in [-0.2, 0) is 14.4 Å². The molecule has 0 aliphatic heterocycles. The van der Waals surface area contributed by atoms with Crippen molar-refractivity contribution in [1.29, 1.82) is 0 Å². The number of carbonyl (C=O) groups is 3. The molecule has 0 aliphatic carbocycles. The summed E-state index contributed by atoms with van der Waals surface area (Å²) in [4.78, 5) is 34.3.